The van der Waals surface area contributed by atoms with Crippen molar-refractivity contribution in [3.63, 3.8) is 0 Å². The quantitative estimate of drug-likeness (QED) is 0.894. The number of aliphatic hydroxyl groups is 1. The van der Waals surface area contributed by atoms with Crippen LogP contribution in [0.1, 0.15) is 22.8 Å². The average molecular weight is 283 g/mol. The number of benzene rings is 2. The van der Waals surface area contributed by atoms with Crippen molar-refractivity contribution >= 4 is 11.6 Å². The first-order chi connectivity index (χ1) is 8.99. The van der Waals surface area contributed by atoms with Crippen LogP contribution in [0.5, 0.6) is 0 Å². The van der Waals surface area contributed by atoms with Gasteiger partial charge < -0.3 is 5.11 Å². The highest BCUT2D eigenvalue weighted by atomic mass is 35.5. The van der Waals surface area contributed by atoms with Gasteiger partial charge >= 0.3 is 0 Å². The van der Waals surface area contributed by atoms with Gasteiger partial charge in [0, 0.05) is 17.0 Å². The van der Waals surface area contributed by atoms with E-state index in [4.69, 9.17) is 11.6 Å². The number of aryl methyl sites for hydroxylation is 1. The molecular formula is C15H13ClF2O. The van der Waals surface area contributed by atoms with Crippen molar-refractivity contribution in [3.8, 4) is 0 Å². The molecule has 2 rings (SSSR count). The van der Waals surface area contributed by atoms with Crippen LogP contribution >= 0.6 is 11.6 Å². The van der Waals surface area contributed by atoms with E-state index in [2.05, 4.69) is 0 Å². The van der Waals surface area contributed by atoms with Crippen LogP contribution in [0.25, 0.3) is 0 Å². The minimum absolute atomic E-state index is 0.00972. The van der Waals surface area contributed by atoms with Gasteiger partial charge in [-0.05, 0) is 42.3 Å². The molecule has 100 valence electrons. The van der Waals surface area contributed by atoms with Crippen molar-refractivity contribution < 1.29 is 13.9 Å². The maximum atomic E-state index is 13.6. The Kier molecular flexibility index (Phi) is 4.17. The zero-order valence-corrected chi connectivity index (χ0v) is 11.1. The smallest absolute Gasteiger partial charge is 0.127 e. The van der Waals surface area contributed by atoms with Crippen LogP contribution in [0.4, 0.5) is 8.78 Å². The summed E-state index contributed by atoms with van der Waals surface area (Å²) in [7, 11) is 0. The van der Waals surface area contributed by atoms with Gasteiger partial charge in [-0.25, -0.2) is 8.78 Å². The normalized spacial score (nSPS) is 12.5. The molecule has 2 aromatic rings. The molecule has 4 heteroatoms. The van der Waals surface area contributed by atoms with E-state index in [9.17, 15) is 13.9 Å². The van der Waals surface area contributed by atoms with Crippen molar-refractivity contribution in [1.29, 1.82) is 0 Å². The molecule has 0 aliphatic rings. The van der Waals surface area contributed by atoms with E-state index in [1.54, 1.807) is 19.1 Å². The van der Waals surface area contributed by atoms with Crippen molar-refractivity contribution in [2.24, 2.45) is 0 Å². The highest BCUT2D eigenvalue weighted by Gasteiger charge is 2.16. The molecule has 0 aliphatic carbocycles. The Bertz CT molecular complexity index is 578. The highest BCUT2D eigenvalue weighted by molar-refractivity contribution is 6.31. The fourth-order valence-electron chi connectivity index (χ4n) is 2.00. The summed E-state index contributed by atoms with van der Waals surface area (Å²) in [5, 5.41) is 10.4. The Balaban J connectivity index is 2.31. The van der Waals surface area contributed by atoms with Crippen molar-refractivity contribution in [3.05, 3.63) is 69.7 Å². The Morgan fingerprint density at radius 1 is 1.21 bits per heavy atom. The lowest BCUT2D eigenvalue weighted by molar-refractivity contribution is 0.176. The molecule has 0 bridgehead atoms. The molecule has 0 heterocycles. The predicted octanol–water partition coefficient (Wildman–Crippen LogP) is 4.20. The van der Waals surface area contributed by atoms with Crippen LogP contribution in [0.3, 0.4) is 0 Å². The fourth-order valence-corrected chi connectivity index (χ4v) is 2.24. The predicted molar refractivity (Wildman–Crippen MR) is 71.2 cm³/mol. The first-order valence-corrected chi connectivity index (χ1v) is 6.24. The average Bonchev–Trinajstić information content (AvgIpc) is 2.37. The largest absolute Gasteiger partial charge is 0.388 e. The van der Waals surface area contributed by atoms with E-state index in [1.165, 1.54) is 24.3 Å². The third-order valence-electron chi connectivity index (χ3n) is 3.06. The van der Waals surface area contributed by atoms with Crippen molar-refractivity contribution in [1.82, 2.24) is 0 Å². The maximum Gasteiger partial charge on any atom is 0.127 e. The SMILES string of the molecule is Cc1ccc(F)cc1C(O)Cc1c(F)cccc1Cl. The molecule has 0 saturated heterocycles. The highest BCUT2D eigenvalue weighted by Crippen LogP contribution is 2.27. The van der Waals surface area contributed by atoms with Gasteiger partial charge in [0.05, 0.1) is 6.10 Å². The first-order valence-electron chi connectivity index (χ1n) is 5.86. The van der Waals surface area contributed by atoms with Gasteiger partial charge in [-0.15, -0.1) is 0 Å². The van der Waals surface area contributed by atoms with Gasteiger partial charge in [-0.2, -0.15) is 0 Å². The lowest BCUT2D eigenvalue weighted by Crippen LogP contribution is -2.06. The molecule has 0 radical (unpaired) electrons. The Morgan fingerprint density at radius 3 is 2.63 bits per heavy atom. The van der Waals surface area contributed by atoms with Gasteiger partial charge in [0.25, 0.3) is 0 Å². The van der Waals surface area contributed by atoms with E-state index < -0.39 is 17.7 Å². The van der Waals surface area contributed by atoms with Gasteiger partial charge in [0.2, 0.25) is 0 Å². The summed E-state index contributed by atoms with van der Waals surface area (Å²) in [4.78, 5) is 0. The Hall–Kier alpha value is -1.45. The summed E-state index contributed by atoms with van der Waals surface area (Å²) >= 11 is 5.91. The van der Waals surface area contributed by atoms with Gasteiger partial charge in [0.1, 0.15) is 11.6 Å². The summed E-state index contributed by atoms with van der Waals surface area (Å²) in [5.41, 5.74) is 1.43. The van der Waals surface area contributed by atoms with Gasteiger partial charge in [-0.3, -0.25) is 0 Å². The molecule has 1 nitrogen and oxygen atoms in total. The summed E-state index contributed by atoms with van der Waals surface area (Å²) in [6, 6.07) is 8.51. The Labute approximate surface area is 115 Å². The molecule has 2 aromatic carbocycles. The summed E-state index contributed by atoms with van der Waals surface area (Å²) < 4.78 is 26.8. The topological polar surface area (TPSA) is 20.2 Å². The molecule has 19 heavy (non-hydrogen) atoms. The molecular weight excluding hydrogens is 270 g/mol. The number of hydrogen-bond donors (Lipinski definition) is 1. The summed E-state index contributed by atoms with van der Waals surface area (Å²) in [6.45, 7) is 1.76. The zero-order valence-electron chi connectivity index (χ0n) is 10.3. The summed E-state index contributed by atoms with van der Waals surface area (Å²) in [5.74, 6) is -0.903. The van der Waals surface area contributed by atoms with Crippen LogP contribution in [-0.2, 0) is 6.42 Å². The van der Waals surface area contributed by atoms with Crippen LogP contribution in [0.2, 0.25) is 5.02 Å². The molecule has 0 aliphatic heterocycles. The van der Waals surface area contributed by atoms with Crippen LogP contribution in [-0.4, -0.2) is 5.11 Å². The lowest BCUT2D eigenvalue weighted by Gasteiger charge is -2.15. The molecule has 0 spiro atoms. The third kappa shape index (κ3) is 3.11. The van der Waals surface area contributed by atoms with E-state index in [0.717, 1.165) is 5.56 Å². The lowest BCUT2D eigenvalue weighted by atomic mass is 9.97. The number of rotatable bonds is 3. The number of hydrogen-bond acceptors (Lipinski definition) is 1. The maximum absolute atomic E-state index is 13.6. The molecule has 0 saturated carbocycles. The second-order valence-electron chi connectivity index (χ2n) is 4.42. The standard InChI is InChI=1S/C15H13ClF2O/c1-9-5-6-10(17)7-11(9)15(19)8-12-13(16)3-2-4-14(12)18/h2-7,15,19H,8H2,1H3. The van der Waals surface area contributed by atoms with Gasteiger partial charge in [-0.1, -0.05) is 23.7 Å². The summed E-state index contributed by atoms with van der Waals surface area (Å²) in [6.07, 6.45) is -0.986. The van der Waals surface area contributed by atoms with E-state index in [1.807, 2.05) is 0 Å². The molecule has 1 unspecified atom stereocenters. The van der Waals surface area contributed by atoms with Crippen LogP contribution in [0.15, 0.2) is 36.4 Å². The molecule has 0 amide bonds. The number of aliphatic hydroxyl groups excluding tert-OH is 1. The fraction of sp³-hybridized carbons (Fsp3) is 0.200. The van der Waals surface area contributed by atoms with Crippen LogP contribution < -0.4 is 0 Å². The van der Waals surface area contributed by atoms with Gasteiger partial charge in [0.15, 0.2) is 0 Å². The van der Waals surface area contributed by atoms with E-state index >= 15 is 0 Å². The zero-order chi connectivity index (χ0) is 14.0. The second-order valence-corrected chi connectivity index (χ2v) is 4.83. The van der Waals surface area contributed by atoms with Crippen molar-refractivity contribution in [2.75, 3.05) is 0 Å². The minimum Gasteiger partial charge on any atom is -0.388 e. The third-order valence-corrected chi connectivity index (χ3v) is 3.41. The van der Waals surface area contributed by atoms with Crippen molar-refractivity contribution in [2.45, 2.75) is 19.4 Å². The van der Waals surface area contributed by atoms with E-state index in [0.29, 0.717) is 5.56 Å². The first kappa shape index (κ1) is 14.0. The minimum atomic E-state index is -0.995. The Morgan fingerprint density at radius 2 is 1.95 bits per heavy atom. The number of halogens is 3. The molecule has 1 atom stereocenters. The molecule has 0 fully saturated rings. The molecule has 0 aromatic heterocycles. The van der Waals surface area contributed by atoms with E-state index in [-0.39, 0.29) is 17.0 Å². The second kappa shape index (κ2) is 5.68. The van der Waals surface area contributed by atoms with Crippen LogP contribution in [0, 0.1) is 18.6 Å². The monoisotopic (exact) mass is 282 g/mol. The molecule has 1 N–H and O–H groups in total.